The third-order valence-corrected chi connectivity index (χ3v) is 6.23. The second-order valence-corrected chi connectivity index (χ2v) is 9.67. The molecule has 2 rings (SSSR count). The summed E-state index contributed by atoms with van der Waals surface area (Å²) >= 11 is 5.94. The van der Waals surface area contributed by atoms with Gasteiger partial charge in [-0.1, -0.05) is 17.7 Å². The van der Waals surface area contributed by atoms with Gasteiger partial charge in [-0.05, 0) is 39.8 Å². The molecule has 146 valence electrons. The first-order chi connectivity index (χ1) is 11.9. The van der Waals surface area contributed by atoms with Crippen molar-refractivity contribution in [1.82, 2.24) is 9.21 Å². The lowest BCUT2D eigenvalue weighted by Gasteiger charge is -2.39. The zero-order valence-electron chi connectivity index (χ0n) is 15.3. The van der Waals surface area contributed by atoms with Crippen LogP contribution in [0.1, 0.15) is 33.3 Å². The molecule has 1 saturated heterocycles. The highest BCUT2D eigenvalue weighted by molar-refractivity contribution is 7.88. The van der Waals surface area contributed by atoms with E-state index in [9.17, 15) is 17.6 Å². The van der Waals surface area contributed by atoms with Gasteiger partial charge in [0.25, 0.3) is 0 Å². The van der Waals surface area contributed by atoms with Crippen molar-refractivity contribution < 1.29 is 22.3 Å². The maximum atomic E-state index is 13.9. The Bertz CT molecular complexity index is 759. The van der Waals surface area contributed by atoms with Gasteiger partial charge in [0, 0.05) is 36.3 Å². The van der Waals surface area contributed by atoms with E-state index in [2.05, 4.69) is 0 Å². The molecule has 1 amide bonds. The highest BCUT2D eigenvalue weighted by Gasteiger charge is 2.36. The number of halogens is 2. The minimum absolute atomic E-state index is 0.0454. The lowest BCUT2D eigenvalue weighted by Crippen LogP contribution is -2.56. The normalized spacial score (nSPS) is 19.5. The number of benzene rings is 1. The predicted molar refractivity (Wildman–Crippen MR) is 98.0 cm³/mol. The van der Waals surface area contributed by atoms with Gasteiger partial charge in [0.2, 0.25) is 10.0 Å². The van der Waals surface area contributed by atoms with Crippen molar-refractivity contribution in [2.75, 3.05) is 19.6 Å². The number of amides is 1. The summed E-state index contributed by atoms with van der Waals surface area (Å²) in [6.45, 7) is 7.56. The first-order valence-corrected chi connectivity index (χ1v) is 10.3. The van der Waals surface area contributed by atoms with Crippen molar-refractivity contribution in [1.29, 1.82) is 0 Å². The molecule has 1 aliphatic heterocycles. The second-order valence-electron chi connectivity index (χ2n) is 7.34. The molecule has 1 aromatic carbocycles. The Morgan fingerprint density at radius 3 is 2.54 bits per heavy atom. The largest absolute Gasteiger partial charge is 0.444 e. The number of carbonyl (C=O) groups excluding carboxylic acids is 1. The van der Waals surface area contributed by atoms with Crippen molar-refractivity contribution in [3.8, 4) is 0 Å². The molecule has 1 heterocycles. The Labute approximate surface area is 158 Å². The summed E-state index contributed by atoms with van der Waals surface area (Å²) in [5.74, 6) is -1.17. The fraction of sp³-hybridized carbons (Fsp3) is 0.588. The lowest BCUT2D eigenvalue weighted by molar-refractivity contribution is 0.0143. The van der Waals surface area contributed by atoms with E-state index in [1.807, 2.05) is 0 Å². The molecule has 0 bridgehead atoms. The number of piperazine rings is 1. The monoisotopic (exact) mass is 406 g/mol. The number of carbonyl (C=O) groups is 1. The summed E-state index contributed by atoms with van der Waals surface area (Å²) in [6.07, 6.45) is -0.474. The van der Waals surface area contributed by atoms with Crippen molar-refractivity contribution in [2.24, 2.45) is 0 Å². The van der Waals surface area contributed by atoms with Crippen molar-refractivity contribution in [3.63, 3.8) is 0 Å². The van der Waals surface area contributed by atoms with Crippen LogP contribution in [-0.2, 0) is 20.5 Å². The number of sulfonamides is 1. The summed E-state index contributed by atoms with van der Waals surface area (Å²) in [5, 5.41) is 0.0774. The number of ether oxygens (including phenoxy) is 1. The highest BCUT2D eigenvalue weighted by atomic mass is 35.5. The molecular formula is C17H24ClFN2O4S. The Balaban J connectivity index is 2.10. The van der Waals surface area contributed by atoms with Gasteiger partial charge in [-0.3, -0.25) is 0 Å². The summed E-state index contributed by atoms with van der Waals surface area (Å²) in [4.78, 5) is 13.6. The van der Waals surface area contributed by atoms with Gasteiger partial charge in [0.15, 0.2) is 0 Å². The molecule has 0 aromatic heterocycles. The van der Waals surface area contributed by atoms with E-state index in [4.69, 9.17) is 16.3 Å². The smallest absolute Gasteiger partial charge is 0.410 e. The molecule has 1 unspecified atom stereocenters. The molecule has 9 heteroatoms. The standard InChI is InChI=1S/C17H24ClFN2O4S/c1-12-10-20(16(22)25-17(2,3)4)8-9-21(12)26(23,24)11-13-14(18)6-5-7-15(13)19/h5-7,12H,8-11H2,1-4H3. The molecule has 0 spiro atoms. The molecule has 1 fully saturated rings. The molecule has 0 radical (unpaired) electrons. The summed E-state index contributed by atoms with van der Waals surface area (Å²) in [5.41, 5.74) is -0.665. The second kappa shape index (κ2) is 7.70. The molecule has 26 heavy (non-hydrogen) atoms. The third kappa shape index (κ3) is 5.08. The van der Waals surface area contributed by atoms with Crippen molar-refractivity contribution >= 4 is 27.7 Å². The van der Waals surface area contributed by atoms with E-state index >= 15 is 0 Å². The van der Waals surface area contributed by atoms with Crippen LogP contribution in [0.15, 0.2) is 18.2 Å². The Kier molecular flexibility index (Phi) is 6.20. The summed E-state index contributed by atoms with van der Waals surface area (Å²) in [6, 6.07) is 3.61. The molecule has 1 atom stereocenters. The third-order valence-electron chi connectivity index (χ3n) is 3.96. The molecule has 1 aromatic rings. The number of hydrogen-bond donors (Lipinski definition) is 0. The summed E-state index contributed by atoms with van der Waals surface area (Å²) in [7, 11) is -3.78. The topological polar surface area (TPSA) is 66.9 Å². The van der Waals surface area contributed by atoms with Crippen molar-refractivity contribution in [3.05, 3.63) is 34.6 Å². The van der Waals surface area contributed by atoms with E-state index in [1.54, 1.807) is 27.7 Å². The molecular weight excluding hydrogens is 383 g/mol. The van der Waals surface area contributed by atoms with Crippen LogP contribution in [0, 0.1) is 5.82 Å². The number of rotatable bonds is 3. The van der Waals surface area contributed by atoms with Gasteiger partial charge in [0.05, 0.1) is 5.75 Å². The fourth-order valence-electron chi connectivity index (χ4n) is 2.78. The van der Waals surface area contributed by atoms with E-state index in [-0.39, 0.29) is 30.2 Å². The van der Waals surface area contributed by atoms with Crippen LogP contribution < -0.4 is 0 Å². The maximum absolute atomic E-state index is 13.9. The number of nitrogens with zero attached hydrogens (tertiary/aromatic N) is 2. The van der Waals surface area contributed by atoms with E-state index in [0.29, 0.717) is 0 Å². The van der Waals surface area contributed by atoms with Gasteiger partial charge in [-0.25, -0.2) is 17.6 Å². The highest BCUT2D eigenvalue weighted by Crippen LogP contribution is 2.25. The average Bonchev–Trinajstić information content (AvgIpc) is 2.49. The van der Waals surface area contributed by atoms with Crippen LogP contribution in [0.5, 0.6) is 0 Å². The Hall–Kier alpha value is -1.38. The first-order valence-electron chi connectivity index (χ1n) is 8.31. The zero-order chi connectivity index (χ0) is 19.7. The first kappa shape index (κ1) is 20.9. The van der Waals surface area contributed by atoms with Gasteiger partial charge < -0.3 is 9.64 Å². The summed E-state index contributed by atoms with van der Waals surface area (Å²) < 4.78 is 46.0. The van der Waals surface area contributed by atoms with Gasteiger partial charge in [-0.2, -0.15) is 4.31 Å². The van der Waals surface area contributed by atoms with E-state index in [0.717, 1.165) is 0 Å². The van der Waals surface area contributed by atoms with E-state index < -0.39 is 39.3 Å². The van der Waals surface area contributed by atoms with Gasteiger partial charge >= 0.3 is 6.09 Å². The maximum Gasteiger partial charge on any atom is 0.410 e. The van der Waals surface area contributed by atoms with Crippen LogP contribution in [0.3, 0.4) is 0 Å². The van der Waals surface area contributed by atoms with Gasteiger partial charge in [-0.15, -0.1) is 0 Å². The zero-order valence-corrected chi connectivity index (χ0v) is 16.9. The minimum atomic E-state index is -3.78. The van der Waals surface area contributed by atoms with Crippen LogP contribution >= 0.6 is 11.6 Å². The predicted octanol–water partition coefficient (Wildman–Crippen LogP) is 3.25. The molecule has 1 aliphatic rings. The molecule has 0 saturated carbocycles. The lowest BCUT2D eigenvalue weighted by atomic mass is 10.2. The fourth-order valence-corrected chi connectivity index (χ4v) is 4.89. The average molecular weight is 407 g/mol. The van der Waals surface area contributed by atoms with Gasteiger partial charge in [0.1, 0.15) is 11.4 Å². The van der Waals surface area contributed by atoms with Crippen LogP contribution in [0.25, 0.3) is 0 Å². The Morgan fingerprint density at radius 2 is 2.00 bits per heavy atom. The number of hydrogen-bond acceptors (Lipinski definition) is 4. The Morgan fingerprint density at radius 1 is 1.35 bits per heavy atom. The molecule has 6 nitrogen and oxygen atoms in total. The van der Waals surface area contributed by atoms with E-state index in [1.165, 1.54) is 27.4 Å². The molecule has 0 aliphatic carbocycles. The SMILES string of the molecule is CC1CN(C(=O)OC(C)(C)C)CCN1S(=O)(=O)Cc1c(F)cccc1Cl. The molecule has 0 N–H and O–H groups in total. The van der Waals surface area contributed by atoms with Crippen LogP contribution in [-0.4, -0.2) is 55.0 Å². The van der Waals surface area contributed by atoms with Crippen LogP contribution in [0.2, 0.25) is 5.02 Å². The van der Waals surface area contributed by atoms with Crippen molar-refractivity contribution in [2.45, 2.75) is 45.1 Å². The minimum Gasteiger partial charge on any atom is -0.444 e. The van der Waals surface area contributed by atoms with Crippen LogP contribution in [0.4, 0.5) is 9.18 Å². The quantitative estimate of drug-likeness (QED) is 0.772.